The maximum absolute atomic E-state index is 13.7. The van der Waals surface area contributed by atoms with Gasteiger partial charge in [-0.3, -0.25) is 20.2 Å². The molecule has 0 atom stereocenters. The number of rotatable bonds is 14. The van der Waals surface area contributed by atoms with Crippen LogP contribution in [-0.4, -0.2) is 47.1 Å². The van der Waals surface area contributed by atoms with Gasteiger partial charge in [0, 0.05) is 34.8 Å². The van der Waals surface area contributed by atoms with Gasteiger partial charge >= 0.3 is 23.7 Å². The van der Waals surface area contributed by atoms with Crippen molar-refractivity contribution in [1.29, 1.82) is 10.5 Å². The minimum absolute atomic E-state index is 0.145. The van der Waals surface area contributed by atoms with Crippen LogP contribution in [0.25, 0.3) is 22.3 Å². The molecule has 0 saturated carbocycles. The van der Waals surface area contributed by atoms with E-state index in [0.29, 0.717) is 35.8 Å². The van der Waals surface area contributed by atoms with Crippen molar-refractivity contribution in [3.8, 4) is 57.4 Å². The van der Waals surface area contributed by atoms with E-state index in [-0.39, 0.29) is 47.0 Å². The van der Waals surface area contributed by atoms with Gasteiger partial charge in [-0.25, -0.2) is 0 Å². The van der Waals surface area contributed by atoms with Gasteiger partial charge in [0.1, 0.15) is 11.5 Å². The summed E-state index contributed by atoms with van der Waals surface area (Å²) >= 11 is 2.61. The zero-order valence-electron chi connectivity index (χ0n) is 27.3. The summed E-state index contributed by atoms with van der Waals surface area (Å²) in [6, 6.07) is 11.5. The predicted molar refractivity (Wildman–Crippen MR) is 184 cm³/mol. The van der Waals surface area contributed by atoms with Crippen molar-refractivity contribution in [1.82, 2.24) is 0 Å². The number of alkyl halides is 6. The third kappa shape index (κ3) is 9.05. The maximum atomic E-state index is 13.7. The molecule has 0 amide bonds. The summed E-state index contributed by atoms with van der Waals surface area (Å²) in [5.41, 5.74) is -6.17. The number of benzene rings is 4. The first-order valence-corrected chi connectivity index (χ1v) is 17.6. The monoisotopic (exact) mass is 778 g/mol. The molecule has 4 rings (SSSR count). The number of nitro benzene ring substituents is 2. The lowest BCUT2D eigenvalue weighted by molar-refractivity contribution is -0.385. The second-order valence-electron chi connectivity index (χ2n) is 10.6. The highest BCUT2D eigenvalue weighted by Crippen LogP contribution is 2.52. The number of thioether (sulfide) groups is 2. The second kappa shape index (κ2) is 16.8. The Bertz CT molecular complexity index is 1980. The maximum Gasteiger partial charge on any atom is 0.416 e. The molecule has 0 aromatic heterocycles. The molecule has 53 heavy (non-hydrogen) atoms. The lowest BCUT2D eigenvalue weighted by atomic mass is 9.94. The Labute approximate surface area is 305 Å². The summed E-state index contributed by atoms with van der Waals surface area (Å²) in [5.74, 6) is -1.14. The first-order valence-electron chi connectivity index (χ1n) is 14.8. The molecule has 0 heterocycles. The quantitative estimate of drug-likeness (QED) is 0.0518. The van der Waals surface area contributed by atoms with Crippen LogP contribution in [0.3, 0.4) is 0 Å². The van der Waals surface area contributed by atoms with E-state index < -0.39 is 67.3 Å². The average Bonchev–Trinajstić information content (AvgIpc) is 3.10. The van der Waals surface area contributed by atoms with Gasteiger partial charge in [0.05, 0.1) is 68.6 Å². The first kappa shape index (κ1) is 40.1. The van der Waals surface area contributed by atoms with Gasteiger partial charge in [-0.15, -0.1) is 0 Å². The van der Waals surface area contributed by atoms with Crippen LogP contribution >= 0.6 is 23.5 Å². The van der Waals surface area contributed by atoms with E-state index >= 15 is 0 Å². The number of nitriles is 2. The number of nitro groups is 2. The molecule has 0 spiro atoms. The van der Waals surface area contributed by atoms with Crippen LogP contribution in [0.5, 0.6) is 23.0 Å². The molecular formula is C34H24F6N4O7S2. The van der Waals surface area contributed by atoms with Crippen LogP contribution in [0.2, 0.25) is 0 Å². The number of ether oxygens (including phenoxy) is 3. The van der Waals surface area contributed by atoms with Gasteiger partial charge in [0.15, 0.2) is 0 Å². The van der Waals surface area contributed by atoms with Gasteiger partial charge in [-0.1, -0.05) is 12.1 Å². The van der Waals surface area contributed by atoms with Gasteiger partial charge in [0.25, 0.3) is 0 Å². The molecule has 0 fully saturated rings. The number of hydrogen-bond donors (Lipinski definition) is 0. The minimum Gasteiger partial charge on any atom is -0.485 e. The molecule has 19 heteroatoms. The molecule has 4 aromatic carbocycles. The largest absolute Gasteiger partial charge is 0.485 e. The van der Waals surface area contributed by atoms with E-state index in [1.165, 1.54) is 23.5 Å². The summed E-state index contributed by atoms with van der Waals surface area (Å²) in [5, 5.41) is 44.3. The zero-order valence-corrected chi connectivity index (χ0v) is 29.0. The van der Waals surface area contributed by atoms with Crippen molar-refractivity contribution in [3.63, 3.8) is 0 Å². The van der Waals surface area contributed by atoms with Gasteiger partial charge in [0.2, 0.25) is 11.5 Å². The summed E-state index contributed by atoms with van der Waals surface area (Å²) < 4.78 is 99.8. The molecule has 0 unspecified atom stereocenters. The molecule has 0 radical (unpaired) electrons. The van der Waals surface area contributed by atoms with Crippen LogP contribution in [0.1, 0.15) is 22.3 Å². The molecule has 0 aliphatic carbocycles. The average molecular weight is 779 g/mol. The van der Waals surface area contributed by atoms with E-state index in [1.54, 1.807) is 24.6 Å². The van der Waals surface area contributed by atoms with E-state index in [2.05, 4.69) is 0 Å². The standard InChI is InChI=1S/C34H24F6N4O7S2/c1-52-13-11-49-31-25(43(45)46)7-9-27(29(31)23-5-3-21(33(35,36)37)15-19(23)17-41)51-28-10-8-26(44(47)48)32(50-12-14-53-2)30(28)24-6-4-22(34(38,39)40)16-20(24)18-42/h3-10,15-16H,11-14H2,1-2H3. The van der Waals surface area contributed by atoms with Crippen molar-refractivity contribution < 1.29 is 50.4 Å². The number of hydrogen-bond acceptors (Lipinski definition) is 11. The molecule has 11 nitrogen and oxygen atoms in total. The summed E-state index contributed by atoms with van der Waals surface area (Å²) in [7, 11) is 0. The van der Waals surface area contributed by atoms with E-state index in [1.807, 2.05) is 0 Å². The van der Waals surface area contributed by atoms with Crippen LogP contribution in [0.4, 0.5) is 37.7 Å². The minimum atomic E-state index is -4.87. The molecule has 0 bridgehead atoms. The van der Waals surface area contributed by atoms with Crippen LogP contribution in [0, 0.1) is 42.9 Å². The molecule has 0 aliphatic heterocycles. The second-order valence-corrected chi connectivity index (χ2v) is 12.6. The Balaban J connectivity index is 2.13. The summed E-state index contributed by atoms with van der Waals surface area (Å²) in [6.07, 6.45) is -6.31. The highest BCUT2D eigenvalue weighted by molar-refractivity contribution is 7.98. The molecule has 0 aliphatic rings. The normalized spacial score (nSPS) is 11.4. The Morgan fingerprint density at radius 3 is 1.34 bits per heavy atom. The predicted octanol–water partition coefficient (Wildman–Crippen LogP) is 9.89. The van der Waals surface area contributed by atoms with Crippen molar-refractivity contribution in [3.05, 3.63) is 103 Å². The van der Waals surface area contributed by atoms with Crippen molar-refractivity contribution in [2.45, 2.75) is 12.4 Å². The summed E-state index contributed by atoms with van der Waals surface area (Å²) in [4.78, 5) is 22.7. The van der Waals surface area contributed by atoms with Crippen molar-refractivity contribution in [2.24, 2.45) is 0 Å². The van der Waals surface area contributed by atoms with E-state index in [4.69, 9.17) is 14.2 Å². The first-order chi connectivity index (χ1) is 25.1. The fraction of sp³-hybridized carbons (Fsp3) is 0.235. The molecule has 276 valence electrons. The smallest absolute Gasteiger partial charge is 0.416 e. The number of nitrogens with zero attached hydrogens (tertiary/aromatic N) is 4. The van der Waals surface area contributed by atoms with Gasteiger partial charge in [-0.2, -0.15) is 60.4 Å². The van der Waals surface area contributed by atoms with Crippen LogP contribution in [-0.2, 0) is 12.4 Å². The molecule has 4 aromatic rings. The highest BCUT2D eigenvalue weighted by atomic mass is 32.2. The van der Waals surface area contributed by atoms with Gasteiger partial charge < -0.3 is 14.2 Å². The molecular weight excluding hydrogens is 755 g/mol. The van der Waals surface area contributed by atoms with Crippen molar-refractivity contribution in [2.75, 3.05) is 37.2 Å². The molecule has 0 N–H and O–H groups in total. The zero-order chi connectivity index (χ0) is 39.1. The third-order valence-corrected chi connectivity index (χ3v) is 8.50. The Morgan fingerprint density at radius 1 is 0.660 bits per heavy atom. The number of halogens is 6. The van der Waals surface area contributed by atoms with Crippen LogP contribution in [0.15, 0.2) is 60.7 Å². The fourth-order valence-corrected chi connectivity index (χ4v) is 5.50. The van der Waals surface area contributed by atoms with Gasteiger partial charge in [-0.05, 0) is 48.9 Å². The SMILES string of the molecule is CSCCOc1c([N+](=O)[O-])ccc(Oc2ccc([N+](=O)[O-])c(OCCSC)c2-c2ccc(C(F)(F)F)cc2C#N)c1-c1ccc(C(F)(F)F)cc1C#N. The Morgan fingerprint density at radius 2 is 1.04 bits per heavy atom. The Hall–Kier alpha value is -5.66. The van der Waals surface area contributed by atoms with E-state index in [9.17, 15) is 57.1 Å². The lowest BCUT2D eigenvalue weighted by Crippen LogP contribution is -2.08. The fourth-order valence-electron chi connectivity index (χ4n) is 5.00. The highest BCUT2D eigenvalue weighted by Gasteiger charge is 2.35. The Kier molecular flexibility index (Phi) is 12.7. The molecule has 0 saturated heterocycles. The lowest BCUT2D eigenvalue weighted by Gasteiger charge is -2.21. The van der Waals surface area contributed by atoms with Crippen molar-refractivity contribution >= 4 is 34.9 Å². The topological polar surface area (TPSA) is 162 Å². The van der Waals surface area contributed by atoms with E-state index in [0.717, 1.165) is 36.4 Å². The third-order valence-electron chi connectivity index (χ3n) is 7.35. The summed E-state index contributed by atoms with van der Waals surface area (Å²) in [6.45, 7) is -0.289. The van der Waals surface area contributed by atoms with Crippen LogP contribution < -0.4 is 14.2 Å².